The third kappa shape index (κ3) is 23.7. The van der Waals surface area contributed by atoms with Gasteiger partial charge in [-0.25, -0.2) is 4.79 Å². The smallest absolute Gasteiger partial charge is 0.411 e. The fourth-order valence-electron chi connectivity index (χ4n) is 13.2. The third-order valence-corrected chi connectivity index (χ3v) is 24.5. The molecule has 0 spiro atoms. The lowest BCUT2D eigenvalue weighted by molar-refractivity contribution is -0.337. The molecular formula is C73H102IN7O27S3. The number of nitrogens with zero attached hydrogens (tertiary/aromatic N) is 1. The lowest BCUT2D eigenvalue weighted by atomic mass is 9.75. The van der Waals surface area contributed by atoms with Crippen LogP contribution in [0.2, 0.25) is 0 Å². The zero-order chi connectivity index (χ0) is 81.9. The lowest BCUT2D eigenvalue weighted by Crippen LogP contribution is -2.65. The first-order valence-corrected chi connectivity index (χ1v) is 40.3. The summed E-state index contributed by atoms with van der Waals surface area (Å²) < 4.78 is 73.3. The summed E-state index contributed by atoms with van der Waals surface area (Å²) in [5, 5.41) is 67.7. The Labute approximate surface area is 670 Å². The second kappa shape index (κ2) is 42.9. The maximum Gasteiger partial charge on any atom is 0.411 e. The highest BCUT2D eigenvalue weighted by Crippen LogP contribution is 2.49. The monoisotopic (exact) mass is 1730 g/mol. The molecule has 4 heterocycles. The summed E-state index contributed by atoms with van der Waals surface area (Å²) >= 11 is 2.75. The van der Waals surface area contributed by atoms with Gasteiger partial charge in [0.1, 0.15) is 36.6 Å². The van der Waals surface area contributed by atoms with Crippen LogP contribution >= 0.6 is 55.9 Å². The van der Waals surface area contributed by atoms with Crippen LogP contribution in [0, 0.1) is 40.1 Å². The molecule has 616 valence electrons. The van der Waals surface area contributed by atoms with Crippen molar-refractivity contribution in [3.05, 3.63) is 49.8 Å². The number of halogens is 1. The van der Waals surface area contributed by atoms with E-state index in [9.17, 15) is 68.7 Å². The number of carbonyl (C=O) groups excluding carboxylic acids is 9. The summed E-state index contributed by atoms with van der Waals surface area (Å²) in [7, 11) is 10.9. The minimum absolute atomic E-state index is 0.00979. The first-order valence-electron chi connectivity index (χ1n) is 36.0. The minimum atomic E-state index is -2.16. The van der Waals surface area contributed by atoms with E-state index >= 15 is 0 Å². The molecule has 2 bridgehead atoms. The van der Waals surface area contributed by atoms with Crippen LogP contribution < -0.4 is 46.7 Å². The SMILES string of the molecule is CCN(C(=O)CNC(=O)[C@H](C)CC(=O)[C@H](CC(N)=O)NC(=O)CCCC(=O)NC)C1COC(OC2C(O[C@H]3C#C/C=C\C#C[C@]4(O)CC(=O)C(NC(=O)OC)=C3/C4=C\CSSC(C)C)OC(C)C(NOC3CC(O)C(SC(=O)c4c(C)c(I)c(OC5OC(C)C(O)C(OC)C5O)c(OC)c4OC)C(C)O3)C2O)CC1OC. The van der Waals surface area contributed by atoms with Crippen LogP contribution in [0.5, 0.6) is 17.2 Å². The van der Waals surface area contributed by atoms with Crippen LogP contribution in [0.4, 0.5) is 4.79 Å². The van der Waals surface area contributed by atoms with Gasteiger partial charge in [-0.1, -0.05) is 83.9 Å². The van der Waals surface area contributed by atoms with Crippen LogP contribution in [0.15, 0.2) is 35.1 Å². The van der Waals surface area contributed by atoms with E-state index in [1.165, 1.54) is 70.3 Å². The van der Waals surface area contributed by atoms with Gasteiger partial charge >= 0.3 is 6.09 Å². The molecule has 4 saturated heterocycles. The maximum absolute atomic E-state index is 14.6. The number of likely N-dealkylation sites (N-methyl/N-ethyl adjacent to an activating group) is 1. The number of allylic oxidation sites excluding steroid dienone is 3. The van der Waals surface area contributed by atoms with Crippen molar-refractivity contribution in [3.8, 4) is 40.9 Å². The molecule has 0 saturated carbocycles. The zero-order valence-electron chi connectivity index (χ0n) is 64.2. The van der Waals surface area contributed by atoms with Gasteiger partial charge in [0.25, 0.3) is 0 Å². The Morgan fingerprint density at radius 3 is 2.17 bits per heavy atom. The average Bonchev–Trinajstić information content (AvgIpc) is 0.758. The molecule has 0 radical (unpaired) electrons. The fraction of sp³-hybridized carbons (Fsp3) is 0.658. The quantitative estimate of drug-likeness (QED) is 0.0151. The van der Waals surface area contributed by atoms with Gasteiger partial charge in [0.05, 0.1) is 116 Å². The van der Waals surface area contributed by atoms with E-state index in [1.807, 2.05) is 36.4 Å². The van der Waals surface area contributed by atoms with Crippen molar-refractivity contribution in [3.63, 3.8) is 0 Å². The molecule has 12 N–H and O–H groups in total. The number of hydroxylamine groups is 1. The molecule has 7 rings (SSSR count). The molecule has 4 aliphatic heterocycles. The Hall–Kier alpha value is -6.23. The van der Waals surface area contributed by atoms with E-state index < -0.39 is 199 Å². The molecule has 34 nitrogen and oxygen atoms in total. The number of amides is 6. The molecule has 6 amide bonds. The number of carbonyl (C=O) groups is 9. The molecule has 4 fully saturated rings. The molecule has 2 aliphatic carbocycles. The predicted molar refractivity (Wildman–Crippen MR) is 410 cm³/mol. The second-order valence-corrected chi connectivity index (χ2v) is 32.4. The maximum atomic E-state index is 14.6. The van der Waals surface area contributed by atoms with Crippen molar-refractivity contribution < 1.29 is 130 Å². The van der Waals surface area contributed by atoms with E-state index in [-0.39, 0.29) is 102 Å². The van der Waals surface area contributed by atoms with Crippen LogP contribution in [-0.2, 0) is 81.0 Å². The van der Waals surface area contributed by atoms with Crippen molar-refractivity contribution in [1.82, 2.24) is 31.6 Å². The van der Waals surface area contributed by atoms with Gasteiger partial charge in [0, 0.05) is 88.0 Å². The van der Waals surface area contributed by atoms with Gasteiger partial charge in [-0.15, -0.1) is 0 Å². The number of ether oxygens (including phenoxy) is 12. The van der Waals surface area contributed by atoms with Crippen molar-refractivity contribution in [2.24, 2.45) is 11.7 Å². The van der Waals surface area contributed by atoms with E-state index in [4.69, 9.17) is 67.4 Å². The zero-order valence-corrected chi connectivity index (χ0v) is 68.8. The van der Waals surface area contributed by atoms with Crippen molar-refractivity contribution >= 4 is 108 Å². The van der Waals surface area contributed by atoms with E-state index in [0.29, 0.717) is 9.13 Å². The standard InChI is InChI=1S/C73H102IN7O27S3/c1-15-81(51(88)32-77-68(92)35(4)27-43(82)41(28-48(75)85)78-50(87)23-20-22-49(86)76-9)42-33-101-52(30-47(42)96-10)106-65-60(90)57(37(6)103-71(65)105-46-21-18-16-17-19-25-73(95)31-45(84)58(79-72(94)100-14)55(46)40(73)24-26-109-111-34(2)3)80-108-53-29-44(83)67(39(8)102-53)110-69(93)54-36(5)56(74)63(66(99-13)62(54)97-11)107-70-61(91)64(98-12)59(89)38(7)104-70/h16-17,24,34-35,37-39,41-42,44,46-47,52-53,57,59-61,64-65,67,70-71,80,83,89-91,95H,15,20,22-23,26-33H2,1-14H3,(H2,75,85)(H,76,86)(H,77,92)(H,78,87)(H,79,94)/b17-16-,40-24+/t35-,37?,38?,39?,41+,42?,44?,46+,47?,52?,53?,57?,59?,60?,61?,64?,65?,67?,70?,71?,73+/m1/s1. The number of fused-ring (bicyclic) bond motifs is 2. The number of nitrogens with two attached hydrogens (primary N) is 1. The van der Waals surface area contributed by atoms with Gasteiger partial charge in [-0.05, 0) is 81.3 Å². The third-order valence-electron chi connectivity index (χ3n) is 19.1. The number of benzene rings is 1. The number of thioether (sulfide) groups is 1. The molecule has 21 atom stereocenters. The summed E-state index contributed by atoms with van der Waals surface area (Å²) in [6, 6.07) is -3.44. The number of alkyl carbamates (subject to hydrolysis) is 1. The number of aliphatic hydroxyl groups is 5. The van der Waals surface area contributed by atoms with Gasteiger partial charge in [-0.2, -0.15) is 5.48 Å². The van der Waals surface area contributed by atoms with Crippen molar-refractivity contribution in [1.29, 1.82) is 0 Å². The highest BCUT2D eigenvalue weighted by Gasteiger charge is 2.53. The summed E-state index contributed by atoms with van der Waals surface area (Å²) in [4.78, 5) is 127. The number of ketones is 2. The van der Waals surface area contributed by atoms with E-state index in [0.717, 1.165) is 18.9 Å². The molecule has 1 aromatic rings. The fourth-order valence-corrected chi connectivity index (χ4v) is 16.9. The summed E-state index contributed by atoms with van der Waals surface area (Å²) in [6.45, 7) is 12.8. The molecule has 1 aromatic carbocycles. The number of primary amides is 1. The first kappa shape index (κ1) is 91.9. The molecular weight excluding hydrogens is 1630 g/mol. The number of rotatable bonds is 35. The first-order chi connectivity index (χ1) is 52.7. The Morgan fingerprint density at radius 1 is 0.838 bits per heavy atom. The van der Waals surface area contributed by atoms with Gasteiger partial charge in [0.2, 0.25) is 46.7 Å². The lowest BCUT2D eigenvalue weighted by Gasteiger charge is -2.47. The Morgan fingerprint density at radius 2 is 1.53 bits per heavy atom. The molecule has 17 unspecified atom stereocenters. The van der Waals surface area contributed by atoms with Crippen LogP contribution in [-0.4, -0.2) is 277 Å². The highest BCUT2D eigenvalue weighted by atomic mass is 127. The Balaban J connectivity index is 1.12. The normalized spacial score (nSPS) is 30.4. The largest absolute Gasteiger partial charge is 0.492 e. The van der Waals surface area contributed by atoms with Gasteiger partial charge in [-0.3, -0.25) is 48.5 Å². The summed E-state index contributed by atoms with van der Waals surface area (Å²) in [5.41, 5.74) is 6.18. The molecule has 111 heavy (non-hydrogen) atoms. The van der Waals surface area contributed by atoms with Gasteiger partial charge in [0.15, 0.2) is 47.5 Å². The van der Waals surface area contributed by atoms with Crippen molar-refractivity contribution in [2.75, 3.05) is 68.0 Å². The minimum Gasteiger partial charge on any atom is -0.492 e. The molecule has 6 aliphatic rings. The topological polar surface area (TPSA) is 464 Å². The molecule has 38 heteroatoms. The number of aliphatic hydroxyl groups excluding tert-OH is 4. The van der Waals surface area contributed by atoms with Gasteiger partial charge < -0.3 is 109 Å². The number of Topliss-reactive ketones (excluding diaryl/α,β-unsaturated/α-hetero) is 2. The summed E-state index contributed by atoms with van der Waals surface area (Å²) in [6.07, 6.45) is -17.6. The molecule has 0 aromatic heterocycles. The second-order valence-electron chi connectivity index (χ2n) is 27.2. The highest BCUT2D eigenvalue weighted by molar-refractivity contribution is 14.1. The van der Waals surface area contributed by atoms with Crippen LogP contribution in [0.3, 0.4) is 0 Å². The number of hydrogen-bond donors (Lipinski definition) is 11. The Bertz CT molecular complexity index is 3730. The van der Waals surface area contributed by atoms with Crippen LogP contribution in [0.1, 0.15) is 116 Å². The van der Waals surface area contributed by atoms with E-state index in [1.54, 1.807) is 51.5 Å². The summed E-state index contributed by atoms with van der Waals surface area (Å²) in [5.74, 6) is 6.17. The average molecular weight is 1730 g/mol. The number of nitrogens with one attached hydrogen (secondary N) is 5. The number of hydrogen-bond acceptors (Lipinski definition) is 31. The van der Waals surface area contributed by atoms with Crippen LogP contribution in [0.25, 0.3) is 0 Å². The van der Waals surface area contributed by atoms with E-state index in [2.05, 4.69) is 50.4 Å². The number of methoxy groups -OCH3 is 5. The Kier molecular flexibility index (Phi) is 35.6. The van der Waals surface area contributed by atoms with Crippen molar-refractivity contribution in [2.45, 2.75) is 233 Å². The predicted octanol–water partition coefficient (Wildman–Crippen LogP) is 1.55.